The molecule has 36 heavy (non-hydrogen) atoms. The van der Waals surface area contributed by atoms with E-state index in [4.69, 9.17) is 4.74 Å². The van der Waals surface area contributed by atoms with E-state index in [1.165, 1.54) is 11.1 Å². The molecule has 2 aliphatic heterocycles. The van der Waals surface area contributed by atoms with Crippen molar-refractivity contribution in [2.75, 3.05) is 13.2 Å². The molecule has 186 valence electrons. The molecule has 2 amide bonds. The number of rotatable bonds is 8. The van der Waals surface area contributed by atoms with E-state index in [0.29, 0.717) is 49.5 Å². The van der Waals surface area contributed by atoms with Crippen LogP contribution in [-0.2, 0) is 26.1 Å². The first kappa shape index (κ1) is 24.0. The Morgan fingerprint density at radius 2 is 1.86 bits per heavy atom. The molecular formula is C29H31N3O4. The number of amides is 2. The highest BCUT2D eigenvalue weighted by atomic mass is 16.5. The van der Waals surface area contributed by atoms with Crippen molar-refractivity contribution in [3.05, 3.63) is 100 Å². The van der Waals surface area contributed by atoms with Gasteiger partial charge in [0.05, 0.1) is 18.3 Å². The highest BCUT2D eigenvalue weighted by Gasteiger charge is 2.31. The Hall–Kier alpha value is -3.68. The zero-order valence-corrected chi connectivity index (χ0v) is 20.4. The minimum atomic E-state index is -0.741. The minimum absolute atomic E-state index is 0.0687. The van der Waals surface area contributed by atoms with Crippen molar-refractivity contribution in [1.82, 2.24) is 15.5 Å². The fraction of sp³-hybridized carbons (Fsp3) is 0.310. The Labute approximate surface area is 211 Å². The van der Waals surface area contributed by atoms with Crippen LogP contribution in [0.1, 0.15) is 49.9 Å². The predicted molar refractivity (Wildman–Crippen MR) is 137 cm³/mol. The first-order valence-electron chi connectivity index (χ1n) is 12.4. The first-order chi connectivity index (χ1) is 17.5. The van der Waals surface area contributed by atoms with E-state index >= 15 is 0 Å². The monoisotopic (exact) mass is 485 g/mol. The van der Waals surface area contributed by atoms with Gasteiger partial charge in [-0.25, -0.2) is 0 Å². The lowest BCUT2D eigenvalue weighted by Gasteiger charge is -2.30. The molecule has 0 fully saturated rings. The van der Waals surface area contributed by atoms with Crippen molar-refractivity contribution in [2.45, 2.75) is 45.1 Å². The van der Waals surface area contributed by atoms with Crippen LogP contribution >= 0.6 is 0 Å². The van der Waals surface area contributed by atoms with Crippen molar-refractivity contribution in [2.24, 2.45) is 0 Å². The fourth-order valence-electron chi connectivity index (χ4n) is 4.97. The molecule has 0 radical (unpaired) electrons. The van der Waals surface area contributed by atoms with Crippen LogP contribution in [0.3, 0.4) is 0 Å². The molecule has 3 N–H and O–H groups in total. The number of nitrogens with zero attached hydrogens (tertiary/aromatic N) is 1. The topological polar surface area (TPSA) is 90.9 Å². The van der Waals surface area contributed by atoms with Gasteiger partial charge < -0.3 is 25.4 Å². The number of benzene rings is 3. The Morgan fingerprint density at radius 3 is 2.64 bits per heavy atom. The number of aliphatic hydroxyl groups is 1. The third kappa shape index (κ3) is 4.98. The van der Waals surface area contributed by atoms with Gasteiger partial charge in [0, 0.05) is 37.8 Å². The zero-order valence-electron chi connectivity index (χ0n) is 20.4. The number of carbonyl (C=O) groups excluding carboxylic acids is 2. The summed E-state index contributed by atoms with van der Waals surface area (Å²) in [6, 6.07) is 21.3. The molecule has 7 nitrogen and oxygen atoms in total. The van der Waals surface area contributed by atoms with Gasteiger partial charge in [-0.3, -0.25) is 9.59 Å². The number of ether oxygens (including phenoxy) is 1. The van der Waals surface area contributed by atoms with Gasteiger partial charge in [-0.1, -0.05) is 54.6 Å². The molecule has 5 rings (SSSR count). The van der Waals surface area contributed by atoms with Gasteiger partial charge in [-0.2, -0.15) is 0 Å². The summed E-state index contributed by atoms with van der Waals surface area (Å²) < 4.78 is 5.74. The lowest BCUT2D eigenvalue weighted by molar-refractivity contribution is 0.0766. The van der Waals surface area contributed by atoms with Gasteiger partial charge in [-0.05, 0) is 47.7 Å². The molecular weight excluding hydrogens is 454 g/mol. The van der Waals surface area contributed by atoms with E-state index in [-0.39, 0.29) is 24.4 Å². The normalized spacial score (nSPS) is 17.3. The van der Waals surface area contributed by atoms with Crippen LogP contribution in [0.15, 0.2) is 66.7 Å². The van der Waals surface area contributed by atoms with Crippen LogP contribution in [-0.4, -0.2) is 47.1 Å². The first-order valence-corrected chi connectivity index (χ1v) is 12.4. The lowest BCUT2D eigenvalue weighted by Crippen LogP contribution is -2.49. The highest BCUT2D eigenvalue weighted by Crippen LogP contribution is 2.31. The molecule has 0 saturated heterocycles. The number of hydrogen-bond donors (Lipinski definition) is 3. The summed E-state index contributed by atoms with van der Waals surface area (Å²) in [6.45, 7) is 3.95. The predicted octanol–water partition coefficient (Wildman–Crippen LogP) is 3.05. The maximum absolute atomic E-state index is 13.2. The molecule has 2 heterocycles. The van der Waals surface area contributed by atoms with Crippen molar-refractivity contribution in [1.29, 1.82) is 0 Å². The van der Waals surface area contributed by atoms with Crippen molar-refractivity contribution < 1.29 is 19.4 Å². The number of hydrogen-bond acceptors (Lipinski definition) is 5. The quantitative estimate of drug-likeness (QED) is 0.456. The van der Waals surface area contributed by atoms with Crippen molar-refractivity contribution in [3.63, 3.8) is 0 Å². The number of nitrogens with one attached hydrogen (secondary N) is 2. The van der Waals surface area contributed by atoms with Crippen LogP contribution < -0.4 is 15.4 Å². The van der Waals surface area contributed by atoms with E-state index in [2.05, 4.69) is 22.8 Å². The SMILES string of the molecule is CCOc1cc2c(cc1C(=O)NCC(O)[C@@H]1Cc3ccccc3CN1)CN(Cc1ccccc1)C2=O. The Balaban J connectivity index is 1.27. The molecule has 7 heteroatoms. The molecule has 3 aromatic carbocycles. The van der Waals surface area contributed by atoms with Crippen LogP contribution in [0.4, 0.5) is 0 Å². The molecule has 0 aromatic heterocycles. The lowest BCUT2D eigenvalue weighted by atomic mass is 9.93. The second-order valence-corrected chi connectivity index (χ2v) is 9.32. The summed E-state index contributed by atoms with van der Waals surface area (Å²) in [5.41, 5.74) is 5.24. The maximum Gasteiger partial charge on any atom is 0.255 e. The Bertz CT molecular complexity index is 1260. The van der Waals surface area contributed by atoms with Crippen molar-refractivity contribution >= 4 is 11.8 Å². The van der Waals surface area contributed by atoms with E-state index in [0.717, 1.165) is 11.1 Å². The van der Waals surface area contributed by atoms with E-state index in [9.17, 15) is 14.7 Å². The largest absolute Gasteiger partial charge is 0.493 e. The summed E-state index contributed by atoms with van der Waals surface area (Å²) >= 11 is 0. The number of fused-ring (bicyclic) bond motifs is 2. The average Bonchev–Trinajstić information content (AvgIpc) is 3.21. The number of carbonyl (C=O) groups is 2. The molecule has 0 saturated carbocycles. The second-order valence-electron chi connectivity index (χ2n) is 9.32. The highest BCUT2D eigenvalue weighted by molar-refractivity contribution is 6.03. The second kappa shape index (κ2) is 10.5. The van der Waals surface area contributed by atoms with E-state index < -0.39 is 6.10 Å². The Kier molecular flexibility index (Phi) is 7.02. The van der Waals surface area contributed by atoms with Gasteiger partial charge in [0.2, 0.25) is 0 Å². The van der Waals surface area contributed by atoms with E-state index in [1.54, 1.807) is 17.0 Å². The summed E-state index contributed by atoms with van der Waals surface area (Å²) in [4.78, 5) is 28.0. The molecule has 2 aliphatic rings. The van der Waals surface area contributed by atoms with Crippen LogP contribution in [0, 0.1) is 0 Å². The van der Waals surface area contributed by atoms with Crippen LogP contribution in [0.25, 0.3) is 0 Å². The van der Waals surface area contributed by atoms with Crippen LogP contribution in [0.2, 0.25) is 0 Å². The summed E-state index contributed by atoms with van der Waals surface area (Å²) in [5, 5.41) is 17.0. The standard InChI is InChI=1S/C29H31N3O4/c1-2-36-27-14-23-22(18-32(29(23)35)17-19-8-4-3-5-9-19)12-24(27)28(34)31-16-26(33)25-13-20-10-6-7-11-21(20)15-30-25/h3-12,14,25-26,30,33H,2,13,15-18H2,1H3,(H,31,34)/t25-,26?/m0/s1. The average molecular weight is 486 g/mol. The van der Waals surface area contributed by atoms with Crippen LogP contribution in [0.5, 0.6) is 5.75 Å². The maximum atomic E-state index is 13.2. The molecule has 0 spiro atoms. The van der Waals surface area contributed by atoms with Gasteiger partial charge in [0.1, 0.15) is 5.75 Å². The summed E-state index contributed by atoms with van der Waals surface area (Å²) in [6.07, 6.45) is -0.0366. The Morgan fingerprint density at radius 1 is 1.11 bits per heavy atom. The molecule has 0 aliphatic carbocycles. The molecule has 3 aromatic rings. The minimum Gasteiger partial charge on any atom is -0.493 e. The molecule has 2 atom stereocenters. The molecule has 0 bridgehead atoms. The van der Waals surface area contributed by atoms with Gasteiger partial charge in [-0.15, -0.1) is 0 Å². The molecule has 1 unspecified atom stereocenters. The van der Waals surface area contributed by atoms with Crippen molar-refractivity contribution in [3.8, 4) is 5.75 Å². The van der Waals surface area contributed by atoms with E-state index in [1.807, 2.05) is 49.4 Å². The fourth-order valence-corrected chi connectivity index (χ4v) is 4.97. The number of aliphatic hydroxyl groups excluding tert-OH is 1. The van der Waals surface area contributed by atoms with Gasteiger partial charge in [0.25, 0.3) is 11.8 Å². The summed E-state index contributed by atoms with van der Waals surface area (Å²) in [7, 11) is 0. The van der Waals surface area contributed by atoms with Gasteiger partial charge in [0.15, 0.2) is 0 Å². The summed E-state index contributed by atoms with van der Waals surface area (Å²) in [5.74, 6) is -0.0193. The zero-order chi connectivity index (χ0) is 25.1. The van der Waals surface area contributed by atoms with Gasteiger partial charge >= 0.3 is 0 Å². The third-order valence-corrected chi connectivity index (χ3v) is 6.89. The third-order valence-electron chi connectivity index (χ3n) is 6.89. The smallest absolute Gasteiger partial charge is 0.255 e.